The average molecular weight is 1030 g/mol. The number of anilines is 5. The molecule has 1 aliphatic rings. The van der Waals surface area contributed by atoms with Crippen molar-refractivity contribution < 1.29 is 74.4 Å². The summed E-state index contributed by atoms with van der Waals surface area (Å²) in [6.45, 7) is 0. The Morgan fingerprint density at radius 2 is 1.26 bits per heavy atom. The zero-order valence-electron chi connectivity index (χ0n) is 32.6. The van der Waals surface area contributed by atoms with Gasteiger partial charge in [-0.2, -0.15) is 57.0 Å². The molecule has 0 fully saturated rings. The summed E-state index contributed by atoms with van der Waals surface area (Å²) in [5, 5.41) is 6.66. The van der Waals surface area contributed by atoms with Crippen LogP contribution in [0.5, 0.6) is 0 Å². The van der Waals surface area contributed by atoms with Crippen molar-refractivity contribution in [2.75, 3.05) is 34.5 Å². The smallest absolute Gasteiger partial charge is 0.296 e. The Hall–Kier alpha value is -6.26. The van der Waals surface area contributed by atoms with E-state index in [0.29, 0.717) is 23.9 Å². The van der Waals surface area contributed by atoms with E-state index in [2.05, 4.69) is 35.9 Å². The molecule has 0 radical (unpaired) electrons. The van der Waals surface area contributed by atoms with Crippen LogP contribution in [0.25, 0.3) is 22.0 Å². The van der Waals surface area contributed by atoms with E-state index in [1.165, 1.54) is 31.3 Å². The molecule has 0 saturated heterocycles. The molecule has 7 rings (SSSR count). The summed E-state index contributed by atoms with van der Waals surface area (Å²) in [5.74, 6) is -4.01. The molecule has 2 aromatic heterocycles. The fourth-order valence-electron chi connectivity index (χ4n) is 6.72. The minimum absolute atomic E-state index is 0.157. The second-order valence-electron chi connectivity index (χ2n) is 13.6. The lowest BCUT2D eigenvalue weighted by molar-refractivity contribution is 0.102. The number of hydrogen-bond donors (Lipinski definition) is 9. The van der Waals surface area contributed by atoms with Gasteiger partial charge in [0.1, 0.15) is 14.7 Å². The van der Waals surface area contributed by atoms with Gasteiger partial charge in [-0.3, -0.25) is 37.1 Å². The fraction of sp³-hybridized carbons (Fsp3) is 0.0857. The van der Waals surface area contributed by atoms with Gasteiger partial charge in [0.15, 0.2) is 16.7 Å². The third kappa shape index (κ3) is 9.52. The number of rotatable bonds is 15. The summed E-state index contributed by atoms with van der Waals surface area (Å²) >= 11 is 0.683. The molecule has 9 N–H and O–H groups in total. The molecule has 0 atom stereocenters. The summed E-state index contributed by atoms with van der Waals surface area (Å²) in [6.07, 6.45) is 0. The van der Waals surface area contributed by atoms with Crippen LogP contribution in [0.15, 0.2) is 96.3 Å². The summed E-state index contributed by atoms with van der Waals surface area (Å²) < 4.78 is 174. The highest BCUT2D eigenvalue weighted by molar-refractivity contribution is 8.00. The molecule has 0 aliphatic heterocycles. The van der Waals surface area contributed by atoms with Crippen LogP contribution in [0.3, 0.4) is 0 Å². The van der Waals surface area contributed by atoms with E-state index >= 15 is 0 Å². The molecule has 346 valence electrons. The fourth-order valence-corrected chi connectivity index (χ4v) is 11.0. The Balaban J connectivity index is 1.52. The normalized spacial score (nSPS) is 13.0. The van der Waals surface area contributed by atoms with Crippen LogP contribution in [-0.4, -0.2) is 115 Å². The van der Waals surface area contributed by atoms with E-state index in [-0.39, 0.29) is 34.1 Å². The Bertz CT molecular complexity index is 3770. The number of carbonyl (C=O) groups excluding carboxylic acids is 2. The third-order valence-corrected chi connectivity index (χ3v) is 14.7. The number of carbonyl (C=O) groups is 2. The van der Waals surface area contributed by atoms with Crippen molar-refractivity contribution in [3.05, 3.63) is 99.3 Å². The van der Waals surface area contributed by atoms with Crippen LogP contribution in [0.4, 0.5) is 29.0 Å². The lowest BCUT2D eigenvalue weighted by Crippen LogP contribution is -2.25. The van der Waals surface area contributed by atoms with Crippen molar-refractivity contribution >= 4 is 114 Å². The maximum atomic E-state index is 14.6. The van der Waals surface area contributed by atoms with Crippen LogP contribution >= 0.6 is 11.8 Å². The van der Waals surface area contributed by atoms with Gasteiger partial charge in [-0.25, -0.2) is 0 Å². The lowest BCUT2D eigenvalue weighted by Gasteiger charge is -2.25. The summed E-state index contributed by atoms with van der Waals surface area (Å²) in [7, 11) is -24.5. The van der Waals surface area contributed by atoms with Gasteiger partial charge in [-0.15, -0.1) is 0 Å². The van der Waals surface area contributed by atoms with E-state index in [9.17, 15) is 74.7 Å². The Morgan fingerprint density at radius 3 is 1.85 bits per heavy atom. The van der Waals surface area contributed by atoms with E-state index in [1.54, 1.807) is 0 Å². The molecule has 0 spiro atoms. The van der Waals surface area contributed by atoms with Crippen LogP contribution in [0.2, 0.25) is 0 Å². The molecule has 0 bridgehead atoms. The number of ketones is 2. The second-order valence-corrected chi connectivity index (χ2v) is 21.9. The molecule has 4 aromatic carbocycles. The number of aromatic nitrogens is 4. The predicted molar refractivity (Wildman–Crippen MR) is 232 cm³/mol. The van der Waals surface area contributed by atoms with Crippen LogP contribution in [0.1, 0.15) is 31.8 Å². The Morgan fingerprint density at radius 1 is 0.652 bits per heavy atom. The van der Waals surface area contributed by atoms with E-state index in [4.69, 9.17) is 4.55 Å². The van der Waals surface area contributed by atoms with Crippen molar-refractivity contribution in [2.45, 2.75) is 24.7 Å². The highest BCUT2D eigenvalue weighted by Gasteiger charge is 2.37. The average Bonchev–Trinajstić information content (AvgIpc) is 3.20. The first-order chi connectivity index (χ1) is 30.6. The zero-order valence-corrected chi connectivity index (χ0v) is 37.5. The Kier molecular flexibility index (Phi) is 12.2. The molecule has 0 saturated carbocycles. The van der Waals surface area contributed by atoms with Gasteiger partial charge < -0.3 is 20.9 Å². The minimum Gasteiger partial charge on any atom is -0.357 e. The molecule has 31 heteroatoms. The minimum atomic E-state index is -5.59. The van der Waals surface area contributed by atoms with Gasteiger partial charge in [0.05, 0.1) is 44.4 Å². The first kappa shape index (κ1) is 47.7. The zero-order chi connectivity index (χ0) is 48.5. The molecule has 66 heavy (non-hydrogen) atoms. The van der Waals surface area contributed by atoms with E-state index < -0.39 is 149 Å². The third-order valence-electron chi connectivity index (χ3n) is 9.39. The molecular formula is C35H27N7O18S6. The van der Waals surface area contributed by atoms with Crippen LogP contribution < -0.4 is 21.5 Å². The maximum absolute atomic E-state index is 14.6. The number of aromatic amines is 1. The largest absolute Gasteiger partial charge is 0.357 e. The highest BCUT2D eigenvalue weighted by atomic mass is 32.2. The molecule has 0 amide bonds. The molecular weight excluding hydrogens is 999 g/mol. The van der Waals surface area contributed by atoms with Gasteiger partial charge >= 0.3 is 0 Å². The van der Waals surface area contributed by atoms with Crippen molar-refractivity contribution in [1.82, 2.24) is 19.9 Å². The summed E-state index contributed by atoms with van der Waals surface area (Å²) in [4.78, 5) is 52.5. The molecule has 0 unspecified atom stereocenters. The summed E-state index contributed by atoms with van der Waals surface area (Å²) in [5.41, 5.74) is -7.26. The van der Waals surface area contributed by atoms with Gasteiger partial charge in [0, 0.05) is 34.9 Å². The summed E-state index contributed by atoms with van der Waals surface area (Å²) in [6, 6.07) is 10.5. The topological polar surface area (TPSA) is 414 Å². The number of nitrogens with zero attached hydrogens (tertiary/aromatic N) is 3. The van der Waals surface area contributed by atoms with Crippen molar-refractivity contribution in [2.24, 2.45) is 0 Å². The number of hydrogen-bond acceptors (Lipinski definition) is 20. The molecule has 6 aromatic rings. The van der Waals surface area contributed by atoms with Crippen LogP contribution in [-0.2, 0) is 50.6 Å². The number of H-pyrrole nitrogens is 1. The number of fused-ring (bicyclic) bond motifs is 2. The number of pyridine rings is 1. The maximum Gasteiger partial charge on any atom is 0.296 e. The van der Waals surface area contributed by atoms with E-state index in [1.807, 2.05) is 0 Å². The predicted octanol–water partition coefficient (Wildman–Crippen LogP) is 2.65. The SMILES string of the molecule is CNc1nc(Nc2cc(Nc3cc(S(=O)(=O)O)c4[nH]c(=O)c(C(=O)c5cccc(S(=O)(=O)O)c5)c5c4c3C(=O)c3ccccc3-5)c(S(=O)(=O)O)cc2S(=O)(=O)O)nc(SCCS(=O)(=O)O)n1. The van der Waals surface area contributed by atoms with Gasteiger partial charge in [-0.1, -0.05) is 48.2 Å². The van der Waals surface area contributed by atoms with Gasteiger partial charge in [-0.05, 0) is 35.9 Å². The van der Waals surface area contributed by atoms with E-state index in [0.717, 1.165) is 24.3 Å². The molecule has 1 aliphatic carbocycles. The second kappa shape index (κ2) is 16.9. The van der Waals surface area contributed by atoms with Gasteiger partial charge in [0.2, 0.25) is 11.9 Å². The number of thioether (sulfide) groups is 1. The van der Waals surface area contributed by atoms with Gasteiger partial charge in [0.25, 0.3) is 56.1 Å². The number of benzene rings is 4. The standard InChI is InChI=1S/C35H27N7O18S6/c1-36-33-40-34(42-35(41-33)61-9-10-62(46,47)48)38-20-12-19(22(64(52,53)54)14-23(20)65(55,56)57)37-21-13-24(66(58,59)60)29-27-25(17-7-2-3-8-18(17)31(44)26(21)27)28(32(45)39-29)30(43)15-5-4-6-16(11-15)63(49,50)51/h2-8,11-14,37H,9-10H2,1H3,(H,39,45)(H,46,47,48)(H,49,50,51)(H,52,53,54)(H,55,56,57)(H,58,59,60)(H2,36,38,40,41,42). The Labute approximate surface area is 375 Å². The van der Waals surface area contributed by atoms with Crippen LogP contribution in [0, 0.1) is 0 Å². The van der Waals surface area contributed by atoms with Crippen molar-refractivity contribution in [1.29, 1.82) is 0 Å². The first-order valence-electron chi connectivity index (χ1n) is 17.8. The molecule has 25 nitrogen and oxygen atoms in total. The first-order valence-corrected chi connectivity index (χ1v) is 26.1. The highest BCUT2D eigenvalue weighted by Crippen LogP contribution is 2.46. The molecule has 2 heterocycles. The number of nitrogens with one attached hydrogen (secondary N) is 4. The van der Waals surface area contributed by atoms with Crippen molar-refractivity contribution in [3.63, 3.8) is 0 Å². The monoisotopic (exact) mass is 1020 g/mol. The lowest BCUT2D eigenvalue weighted by atomic mass is 9.80. The van der Waals surface area contributed by atoms with Crippen molar-refractivity contribution in [3.8, 4) is 11.1 Å². The quantitative estimate of drug-likeness (QED) is 0.0405.